The number of benzene rings is 2. The minimum Gasteiger partial charge on any atom is -0.309 e. The van der Waals surface area contributed by atoms with Crippen molar-refractivity contribution in [2.45, 2.75) is 26.9 Å². The predicted molar refractivity (Wildman–Crippen MR) is 87.8 cm³/mol. The van der Waals surface area contributed by atoms with Crippen LogP contribution in [0.1, 0.15) is 22.3 Å². The Hall–Kier alpha value is -2.53. The Morgan fingerprint density at radius 3 is 2.65 bits per heavy atom. The van der Waals surface area contributed by atoms with Crippen LogP contribution in [-0.2, 0) is 13.1 Å². The van der Waals surface area contributed by atoms with Crippen molar-refractivity contribution in [3.63, 3.8) is 0 Å². The molecule has 0 bridgehead atoms. The molecule has 0 atom stereocenters. The first kappa shape index (κ1) is 15.4. The van der Waals surface area contributed by atoms with Crippen LogP contribution in [0, 0.1) is 19.7 Å². The van der Waals surface area contributed by atoms with Crippen LogP contribution in [-0.4, -0.2) is 14.8 Å². The van der Waals surface area contributed by atoms with Gasteiger partial charge in [0.05, 0.1) is 0 Å². The maximum atomic E-state index is 14.2. The third kappa shape index (κ3) is 3.63. The number of aryl methyl sites for hydroxylation is 2. The fourth-order valence-corrected chi connectivity index (χ4v) is 2.56. The van der Waals surface area contributed by atoms with E-state index in [-0.39, 0.29) is 5.82 Å². The summed E-state index contributed by atoms with van der Waals surface area (Å²) in [5.41, 5.74) is 5.09. The Morgan fingerprint density at radius 2 is 1.96 bits per heavy atom. The van der Waals surface area contributed by atoms with Gasteiger partial charge >= 0.3 is 0 Å². The maximum absolute atomic E-state index is 14.2. The van der Waals surface area contributed by atoms with Gasteiger partial charge < -0.3 is 5.32 Å². The summed E-state index contributed by atoms with van der Waals surface area (Å²) in [5, 5.41) is 7.30. The maximum Gasteiger partial charge on any atom is 0.149 e. The number of hydrogen-bond donors (Lipinski definition) is 1. The minimum absolute atomic E-state index is 0.304. The van der Waals surface area contributed by atoms with E-state index in [1.165, 1.54) is 40.1 Å². The molecule has 1 heterocycles. The fraction of sp³-hybridized carbons (Fsp3) is 0.222. The zero-order valence-corrected chi connectivity index (χ0v) is 13.3. The molecule has 4 nitrogen and oxygen atoms in total. The van der Waals surface area contributed by atoms with Gasteiger partial charge in [-0.3, -0.25) is 0 Å². The van der Waals surface area contributed by atoms with Gasteiger partial charge in [-0.1, -0.05) is 29.8 Å². The van der Waals surface area contributed by atoms with E-state index in [9.17, 15) is 4.39 Å². The van der Waals surface area contributed by atoms with Crippen molar-refractivity contribution in [3.8, 4) is 5.69 Å². The lowest BCUT2D eigenvalue weighted by molar-refractivity contribution is 0.604. The third-order valence-corrected chi connectivity index (χ3v) is 3.82. The summed E-state index contributed by atoms with van der Waals surface area (Å²) in [4.78, 5) is 3.83. The standard InChI is InChI=1S/C18H19FN4/c1-13-3-5-16(14(2)7-13)10-20-9-15-4-6-18(17(19)8-15)23-12-21-11-22-23/h3-8,11-12,20H,9-10H2,1-2H3. The lowest BCUT2D eigenvalue weighted by Gasteiger charge is -2.10. The molecule has 0 saturated carbocycles. The van der Waals surface area contributed by atoms with Crippen LogP contribution >= 0.6 is 0 Å². The first-order valence-electron chi connectivity index (χ1n) is 7.54. The van der Waals surface area contributed by atoms with E-state index >= 15 is 0 Å². The second-order valence-corrected chi connectivity index (χ2v) is 5.66. The molecule has 3 rings (SSSR count). The fourth-order valence-electron chi connectivity index (χ4n) is 2.56. The van der Waals surface area contributed by atoms with Crippen molar-refractivity contribution in [3.05, 3.63) is 77.1 Å². The summed E-state index contributed by atoms with van der Waals surface area (Å²) >= 11 is 0. The van der Waals surface area contributed by atoms with Crippen LogP contribution in [0.15, 0.2) is 49.1 Å². The van der Waals surface area contributed by atoms with E-state index < -0.39 is 0 Å². The molecule has 118 valence electrons. The largest absolute Gasteiger partial charge is 0.309 e. The van der Waals surface area contributed by atoms with Crippen LogP contribution in [0.5, 0.6) is 0 Å². The molecule has 0 aliphatic rings. The van der Waals surface area contributed by atoms with E-state index in [2.05, 4.69) is 47.4 Å². The van der Waals surface area contributed by atoms with Crippen molar-refractivity contribution in [2.24, 2.45) is 0 Å². The minimum atomic E-state index is -0.304. The summed E-state index contributed by atoms with van der Waals surface area (Å²) in [5.74, 6) is -0.304. The summed E-state index contributed by atoms with van der Waals surface area (Å²) in [6.45, 7) is 5.57. The number of halogens is 1. The highest BCUT2D eigenvalue weighted by Gasteiger charge is 2.06. The molecule has 1 N–H and O–H groups in total. The Bertz CT molecular complexity index is 797. The summed E-state index contributed by atoms with van der Waals surface area (Å²) < 4.78 is 15.6. The third-order valence-electron chi connectivity index (χ3n) is 3.82. The summed E-state index contributed by atoms with van der Waals surface area (Å²) in [7, 11) is 0. The van der Waals surface area contributed by atoms with Crippen molar-refractivity contribution in [2.75, 3.05) is 0 Å². The van der Waals surface area contributed by atoms with Gasteiger partial charge in [-0.2, -0.15) is 5.10 Å². The molecule has 2 aromatic carbocycles. The Balaban J connectivity index is 1.64. The summed E-state index contributed by atoms with van der Waals surface area (Å²) in [6, 6.07) is 11.6. The molecule has 0 saturated heterocycles. The Labute approximate surface area is 135 Å². The van der Waals surface area contributed by atoms with Gasteiger partial charge in [0, 0.05) is 13.1 Å². The van der Waals surface area contributed by atoms with Crippen LogP contribution in [0.25, 0.3) is 5.69 Å². The van der Waals surface area contributed by atoms with Gasteiger partial charge in [0.15, 0.2) is 0 Å². The van der Waals surface area contributed by atoms with Crippen molar-refractivity contribution >= 4 is 0 Å². The van der Waals surface area contributed by atoms with Gasteiger partial charge in [-0.15, -0.1) is 0 Å². The molecule has 0 radical (unpaired) electrons. The van der Waals surface area contributed by atoms with Crippen LogP contribution in [0.3, 0.4) is 0 Å². The van der Waals surface area contributed by atoms with Crippen molar-refractivity contribution in [1.82, 2.24) is 20.1 Å². The zero-order chi connectivity index (χ0) is 16.2. The molecule has 1 aromatic heterocycles. The number of rotatable bonds is 5. The topological polar surface area (TPSA) is 42.7 Å². The lowest BCUT2D eigenvalue weighted by Crippen LogP contribution is -2.14. The van der Waals surface area contributed by atoms with Gasteiger partial charge in [-0.05, 0) is 42.7 Å². The second-order valence-electron chi connectivity index (χ2n) is 5.66. The highest BCUT2D eigenvalue weighted by atomic mass is 19.1. The van der Waals surface area contributed by atoms with Gasteiger partial charge in [0.1, 0.15) is 24.2 Å². The molecule has 0 unspecified atom stereocenters. The Kier molecular flexibility index (Phi) is 4.48. The van der Waals surface area contributed by atoms with Crippen molar-refractivity contribution < 1.29 is 4.39 Å². The van der Waals surface area contributed by atoms with Gasteiger partial charge in [0.2, 0.25) is 0 Å². The lowest BCUT2D eigenvalue weighted by atomic mass is 10.1. The molecular formula is C18H19FN4. The van der Waals surface area contributed by atoms with E-state index in [1.807, 2.05) is 6.07 Å². The highest BCUT2D eigenvalue weighted by Crippen LogP contribution is 2.14. The molecule has 0 aliphatic heterocycles. The SMILES string of the molecule is Cc1ccc(CNCc2ccc(-n3cncn3)c(F)c2)c(C)c1. The van der Waals surface area contributed by atoms with Gasteiger partial charge in [-0.25, -0.2) is 14.1 Å². The second kappa shape index (κ2) is 6.71. The average Bonchev–Trinajstić information content (AvgIpc) is 3.04. The van der Waals surface area contributed by atoms with E-state index in [0.717, 1.165) is 12.1 Å². The molecule has 0 aliphatic carbocycles. The molecule has 0 amide bonds. The predicted octanol–water partition coefficient (Wildman–Crippen LogP) is 3.31. The Morgan fingerprint density at radius 1 is 1.09 bits per heavy atom. The first-order chi connectivity index (χ1) is 11.1. The zero-order valence-electron chi connectivity index (χ0n) is 13.3. The number of aromatic nitrogens is 3. The van der Waals surface area contributed by atoms with Crippen LogP contribution in [0.4, 0.5) is 4.39 Å². The molecule has 0 spiro atoms. The van der Waals surface area contributed by atoms with Crippen LogP contribution in [0.2, 0.25) is 0 Å². The van der Waals surface area contributed by atoms with E-state index in [4.69, 9.17) is 0 Å². The highest BCUT2D eigenvalue weighted by molar-refractivity contribution is 5.35. The smallest absolute Gasteiger partial charge is 0.149 e. The molecule has 23 heavy (non-hydrogen) atoms. The average molecular weight is 310 g/mol. The van der Waals surface area contributed by atoms with Crippen molar-refractivity contribution in [1.29, 1.82) is 0 Å². The van der Waals surface area contributed by atoms with Gasteiger partial charge in [0.25, 0.3) is 0 Å². The number of nitrogens with one attached hydrogen (secondary N) is 1. The van der Waals surface area contributed by atoms with E-state index in [1.54, 1.807) is 6.07 Å². The monoisotopic (exact) mass is 310 g/mol. The van der Waals surface area contributed by atoms with Crippen LogP contribution < -0.4 is 5.32 Å². The molecule has 0 fully saturated rings. The number of nitrogens with zero attached hydrogens (tertiary/aromatic N) is 3. The number of hydrogen-bond acceptors (Lipinski definition) is 3. The quantitative estimate of drug-likeness (QED) is 0.786. The van der Waals surface area contributed by atoms with E-state index in [0.29, 0.717) is 12.2 Å². The summed E-state index contributed by atoms with van der Waals surface area (Å²) in [6.07, 6.45) is 2.87. The molecule has 3 aromatic rings. The normalized spacial score (nSPS) is 10.9. The molecular weight excluding hydrogens is 291 g/mol. The first-order valence-corrected chi connectivity index (χ1v) is 7.54. The molecule has 5 heteroatoms.